The first kappa shape index (κ1) is 33.3. The molecule has 0 bridgehead atoms. The molecule has 39 heavy (non-hydrogen) atoms. The van der Waals surface area contributed by atoms with Crippen molar-refractivity contribution in [3.63, 3.8) is 0 Å². The minimum absolute atomic E-state index is 0.0249. The van der Waals surface area contributed by atoms with Gasteiger partial charge in [0.05, 0.1) is 52.9 Å². The summed E-state index contributed by atoms with van der Waals surface area (Å²) in [6.07, 6.45) is 8.16. The van der Waals surface area contributed by atoms with E-state index in [0.717, 1.165) is 55.2 Å². The second kappa shape index (κ2) is 19.2. The van der Waals surface area contributed by atoms with Gasteiger partial charge in [-0.15, -0.1) is 0 Å². The molecule has 3 unspecified atom stereocenters. The fourth-order valence-electron chi connectivity index (χ4n) is 4.90. The lowest BCUT2D eigenvalue weighted by Crippen LogP contribution is -2.22. The average Bonchev–Trinajstić information content (AvgIpc) is 2.89. The number of allylic oxidation sites excluding steroid dienone is 3. The Bertz CT molecular complexity index is 866. The summed E-state index contributed by atoms with van der Waals surface area (Å²) in [5, 5.41) is 11.2. The van der Waals surface area contributed by atoms with Crippen LogP contribution >= 0.6 is 0 Å². The molecule has 7 nitrogen and oxygen atoms in total. The molecule has 0 aliphatic heterocycles. The van der Waals surface area contributed by atoms with Gasteiger partial charge in [-0.05, 0) is 70.1 Å². The molecular weight excluding hydrogens is 496 g/mol. The Morgan fingerprint density at radius 2 is 1.64 bits per heavy atom. The van der Waals surface area contributed by atoms with E-state index >= 15 is 0 Å². The van der Waals surface area contributed by atoms with Gasteiger partial charge in [0.15, 0.2) is 6.29 Å². The number of phenols is 1. The first-order valence-electron chi connectivity index (χ1n) is 14.6. The lowest BCUT2D eigenvalue weighted by Gasteiger charge is -2.32. The molecule has 0 radical (unpaired) electrons. The predicted molar refractivity (Wildman–Crippen MR) is 156 cm³/mol. The number of aryl methyl sites for hydroxylation is 1. The van der Waals surface area contributed by atoms with Crippen LogP contribution in [0.3, 0.4) is 0 Å². The lowest BCUT2D eigenvalue weighted by atomic mass is 9.73. The highest BCUT2D eigenvalue weighted by atomic mass is 16.7. The topological polar surface area (TPSA) is 75.6 Å². The molecule has 0 aromatic heterocycles. The summed E-state index contributed by atoms with van der Waals surface area (Å²) < 4.78 is 33.7. The zero-order valence-corrected chi connectivity index (χ0v) is 25.0. The van der Waals surface area contributed by atoms with Crippen molar-refractivity contribution in [2.45, 2.75) is 78.4 Å². The first-order chi connectivity index (χ1) is 18.9. The van der Waals surface area contributed by atoms with Crippen LogP contribution in [-0.4, -0.2) is 71.4 Å². The number of hydrogen-bond acceptors (Lipinski definition) is 7. The van der Waals surface area contributed by atoms with Crippen LogP contribution in [0, 0.1) is 5.92 Å². The third-order valence-corrected chi connectivity index (χ3v) is 7.01. The number of hydrogen-bond donors (Lipinski definition) is 1. The van der Waals surface area contributed by atoms with Crippen LogP contribution in [0.1, 0.15) is 76.8 Å². The van der Waals surface area contributed by atoms with Crippen molar-refractivity contribution in [2.24, 2.45) is 5.92 Å². The number of rotatable bonds is 21. The smallest absolute Gasteiger partial charge is 0.197 e. The van der Waals surface area contributed by atoms with E-state index in [1.54, 1.807) is 7.11 Å². The van der Waals surface area contributed by atoms with Gasteiger partial charge in [-0.2, -0.15) is 0 Å². The van der Waals surface area contributed by atoms with Crippen LogP contribution in [0.25, 0.3) is 0 Å². The van der Waals surface area contributed by atoms with Crippen molar-refractivity contribution in [1.29, 1.82) is 0 Å². The zero-order valence-electron chi connectivity index (χ0n) is 25.0. The monoisotopic (exact) mass is 548 g/mol. The van der Waals surface area contributed by atoms with E-state index in [2.05, 4.69) is 39.5 Å². The zero-order chi connectivity index (χ0) is 28.5. The van der Waals surface area contributed by atoms with E-state index in [1.165, 1.54) is 5.57 Å². The van der Waals surface area contributed by atoms with Crippen LogP contribution in [0.4, 0.5) is 0 Å². The highest BCUT2D eigenvalue weighted by Gasteiger charge is 2.31. The Hall–Kier alpha value is -1.90. The van der Waals surface area contributed by atoms with E-state index in [4.69, 9.17) is 28.4 Å². The number of phenolic OH excluding ortho intramolecular Hbond substituents is 1. The SMILES string of the molecule is C=C(C)C1CCC(C)=CC1c1c(O)cc(CCCCC)cc1OC(C)OCCOCCOCCOCCOC. The Morgan fingerprint density at radius 3 is 2.26 bits per heavy atom. The molecule has 0 heterocycles. The van der Waals surface area contributed by atoms with E-state index in [9.17, 15) is 5.11 Å². The van der Waals surface area contributed by atoms with Gasteiger partial charge in [-0.3, -0.25) is 0 Å². The van der Waals surface area contributed by atoms with Crippen molar-refractivity contribution in [3.8, 4) is 11.5 Å². The highest BCUT2D eigenvalue weighted by molar-refractivity contribution is 5.52. The standard InChI is InChI=1S/C32H52O7/c1-7-8-9-10-27-22-30(33)32(29-21-25(4)11-12-28(29)24(2)3)31(23-27)39-26(5)38-20-19-37-18-17-36-16-15-35-14-13-34-6/h21-23,26,28-29,33H,2,7-20H2,1,3-6H3. The van der Waals surface area contributed by atoms with Gasteiger partial charge in [-0.25, -0.2) is 0 Å². The van der Waals surface area contributed by atoms with Crippen LogP contribution in [0.2, 0.25) is 0 Å². The fraction of sp³-hybridized carbons (Fsp3) is 0.688. The molecule has 7 heteroatoms. The van der Waals surface area contributed by atoms with Gasteiger partial charge >= 0.3 is 0 Å². The van der Waals surface area contributed by atoms with E-state index in [-0.39, 0.29) is 11.8 Å². The summed E-state index contributed by atoms with van der Waals surface area (Å²) >= 11 is 0. The normalized spacial score (nSPS) is 18.1. The third kappa shape index (κ3) is 12.4. The van der Waals surface area contributed by atoms with Crippen LogP contribution in [-0.2, 0) is 30.1 Å². The summed E-state index contributed by atoms with van der Waals surface area (Å²) in [6, 6.07) is 4.00. The molecule has 1 aromatic rings. The van der Waals surface area contributed by atoms with Crippen molar-refractivity contribution in [1.82, 2.24) is 0 Å². The molecule has 0 saturated carbocycles. The molecule has 1 N–H and O–H groups in total. The second-order valence-corrected chi connectivity index (χ2v) is 10.4. The lowest BCUT2D eigenvalue weighted by molar-refractivity contribution is -0.0872. The molecule has 3 atom stereocenters. The Kier molecular flexibility index (Phi) is 16.4. The quantitative estimate of drug-likeness (QED) is 0.106. The second-order valence-electron chi connectivity index (χ2n) is 10.4. The van der Waals surface area contributed by atoms with Gasteiger partial charge < -0.3 is 33.5 Å². The minimum Gasteiger partial charge on any atom is -0.507 e. The van der Waals surface area contributed by atoms with E-state index in [0.29, 0.717) is 64.4 Å². The van der Waals surface area contributed by atoms with Crippen molar-refractivity contribution < 1.29 is 33.5 Å². The van der Waals surface area contributed by atoms with Gasteiger partial charge in [0.1, 0.15) is 11.5 Å². The third-order valence-electron chi connectivity index (χ3n) is 7.01. The molecule has 1 aliphatic rings. The molecule has 0 fully saturated rings. The van der Waals surface area contributed by atoms with Crippen LogP contribution < -0.4 is 4.74 Å². The van der Waals surface area contributed by atoms with Crippen LogP contribution in [0.15, 0.2) is 35.9 Å². The number of ether oxygens (including phenoxy) is 6. The Balaban J connectivity index is 1.94. The summed E-state index contributed by atoms with van der Waals surface area (Å²) in [7, 11) is 1.65. The maximum atomic E-state index is 11.2. The fourth-order valence-corrected chi connectivity index (χ4v) is 4.90. The summed E-state index contributed by atoms with van der Waals surface area (Å²) in [5.74, 6) is 1.27. The molecule has 222 valence electrons. The van der Waals surface area contributed by atoms with Crippen LogP contribution in [0.5, 0.6) is 11.5 Å². The molecular formula is C32H52O7. The molecule has 0 amide bonds. The van der Waals surface area contributed by atoms with Gasteiger partial charge in [0.2, 0.25) is 0 Å². The Morgan fingerprint density at radius 1 is 1.00 bits per heavy atom. The maximum Gasteiger partial charge on any atom is 0.197 e. The molecule has 1 aromatic carbocycles. The van der Waals surface area contributed by atoms with Crippen molar-refractivity contribution >= 4 is 0 Å². The van der Waals surface area contributed by atoms with Crippen molar-refractivity contribution in [2.75, 3.05) is 60.0 Å². The number of aromatic hydroxyl groups is 1. The molecule has 1 aliphatic carbocycles. The largest absolute Gasteiger partial charge is 0.507 e. The molecule has 0 saturated heterocycles. The maximum absolute atomic E-state index is 11.2. The molecule has 2 rings (SSSR count). The number of methoxy groups -OCH3 is 1. The number of unbranched alkanes of at least 4 members (excludes halogenated alkanes) is 2. The van der Waals surface area contributed by atoms with Gasteiger partial charge in [0.25, 0.3) is 0 Å². The Labute approximate surface area is 236 Å². The summed E-state index contributed by atoms with van der Waals surface area (Å²) in [5.41, 5.74) is 4.38. The highest BCUT2D eigenvalue weighted by Crippen LogP contribution is 2.47. The number of benzene rings is 1. The van der Waals surface area contributed by atoms with Gasteiger partial charge in [-0.1, -0.05) is 43.6 Å². The van der Waals surface area contributed by atoms with E-state index in [1.807, 2.05) is 13.0 Å². The predicted octanol–water partition coefficient (Wildman–Crippen LogP) is 6.58. The van der Waals surface area contributed by atoms with Crippen molar-refractivity contribution in [3.05, 3.63) is 47.1 Å². The summed E-state index contributed by atoms with van der Waals surface area (Å²) in [4.78, 5) is 0. The summed E-state index contributed by atoms with van der Waals surface area (Å²) in [6.45, 7) is 16.6. The van der Waals surface area contributed by atoms with Gasteiger partial charge in [0, 0.05) is 18.6 Å². The molecule has 0 spiro atoms. The minimum atomic E-state index is -0.491. The average molecular weight is 549 g/mol. The first-order valence-corrected chi connectivity index (χ1v) is 14.6. The van der Waals surface area contributed by atoms with E-state index < -0.39 is 6.29 Å².